The average molecular weight is 279 g/mol. The van der Waals surface area contributed by atoms with E-state index in [1.165, 1.54) is 5.56 Å². The maximum Gasteiger partial charge on any atom is 0.119 e. The van der Waals surface area contributed by atoms with Gasteiger partial charge < -0.3 is 14.6 Å². The summed E-state index contributed by atoms with van der Waals surface area (Å²) in [6, 6.07) is 8.15. The standard InChI is InChI=1S/C16H25NO3/c1-3-20-15-6-4-14(5-7-15)12-17(2)13-16(18)8-10-19-11-9-16/h4-7,18H,3,8-13H2,1-2H3. The Morgan fingerprint density at radius 3 is 2.50 bits per heavy atom. The summed E-state index contributed by atoms with van der Waals surface area (Å²) >= 11 is 0. The van der Waals surface area contributed by atoms with Gasteiger partial charge in [0, 0.05) is 39.1 Å². The molecule has 1 saturated heterocycles. The smallest absolute Gasteiger partial charge is 0.119 e. The van der Waals surface area contributed by atoms with Gasteiger partial charge in [-0.3, -0.25) is 4.90 Å². The molecule has 1 heterocycles. The molecule has 1 N–H and O–H groups in total. The van der Waals surface area contributed by atoms with Gasteiger partial charge in [-0.05, 0) is 31.7 Å². The highest BCUT2D eigenvalue weighted by Gasteiger charge is 2.30. The molecular weight excluding hydrogens is 254 g/mol. The Bertz CT molecular complexity index is 399. The fraction of sp³-hybridized carbons (Fsp3) is 0.625. The van der Waals surface area contributed by atoms with Crippen molar-refractivity contribution < 1.29 is 14.6 Å². The van der Waals surface area contributed by atoms with Gasteiger partial charge in [-0.25, -0.2) is 0 Å². The van der Waals surface area contributed by atoms with Gasteiger partial charge in [-0.1, -0.05) is 12.1 Å². The maximum absolute atomic E-state index is 10.5. The van der Waals surface area contributed by atoms with Gasteiger partial charge in [0.1, 0.15) is 5.75 Å². The number of nitrogens with zero attached hydrogens (tertiary/aromatic N) is 1. The van der Waals surface area contributed by atoms with Crippen LogP contribution in [0.15, 0.2) is 24.3 Å². The van der Waals surface area contributed by atoms with E-state index >= 15 is 0 Å². The minimum absolute atomic E-state index is 0.599. The first-order valence-electron chi connectivity index (χ1n) is 7.32. The molecule has 0 aromatic heterocycles. The van der Waals surface area contributed by atoms with Gasteiger partial charge in [0.05, 0.1) is 12.2 Å². The molecule has 0 amide bonds. The first-order valence-corrected chi connectivity index (χ1v) is 7.32. The monoisotopic (exact) mass is 279 g/mol. The molecule has 112 valence electrons. The van der Waals surface area contributed by atoms with Gasteiger partial charge in [0.25, 0.3) is 0 Å². The van der Waals surface area contributed by atoms with Crippen molar-refractivity contribution >= 4 is 0 Å². The molecular formula is C16H25NO3. The third-order valence-electron chi connectivity index (χ3n) is 3.67. The molecule has 1 fully saturated rings. The Morgan fingerprint density at radius 1 is 1.25 bits per heavy atom. The summed E-state index contributed by atoms with van der Waals surface area (Å²) in [5.74, 6) is 0.905. The maximum atomic E-state index is 10.5. The Morgan fingerprint density at radius 2 is 1.90 bits per heavy atom. The SMILES string of the molecule is CCOc1ccc(CN(C)CC2(O)CCOCC2)cc1. The van der Waals surface area contributed by atoms with Crippen LogP contribution in [0.4, 0.5) is 0 Å². The lowest BCUT2D eigenvalue weighted by atomic mass is 9.94. The zero-order valence-corrected chi connectivity index (χ0v) is 12.5. The van der Waals surface area contributed by atoms with Crippen LogP contribution in [0.5, 0.6) is 5.75 Å². The number of likely N-dealkylation sites (N-methyl/N-ethyl adjacent to an activating group) is 1. The predicted octanol–water partition coefficient (Wildman–Crippen LogP) is 2.06. The molecule has 4 heteroatoms. The van der Waals surface area contributed by atoms with Crippen LogP contribution in [-0.4, -0.2) is 49.0 Å². The molecule has 0 spiro atoms. The van der Waals surface area contributed by atoms with E-state index in [4.69, 9.17) is 9.47 Å². The molecule has 4 nitrogen and oxygen atoms in total. The molecule has 0 aliphatic carbocycles. The van der Waals surface area contributed by atoms with Crippen LogP contribution in [0.2, 0.25) is 0 Å². The highest BCUT2D eigenvalue weighted by Crippen LogP contribution is 2.22. The van der Waals surface area contributed by atoms with E-state index in [-0.39, 0.29) is 0 Å². The van der Waals surface area contributed by atoms with E-state index in [0.29, 0.717) is 26.4 Å². The molecule has 0 unspecified atom stereocenters. The molecule has 2 rings (SSSR count). The van der Waals surface area contributed by atoms with Crippen molar-refractivity contribution in [2.75, 3.05) is 33.4 Å². The lowest BCUT2D eigenvalue weighted by molar-refractivity contribution is -0.0777. The number of ether oxygens (including phenoxy) is 2. The van der Waals surface area contributed by atoms with Crippen LogP contribution in [0.1, 0.15) is 25.3 Å². The Balaban J connectivity index is 1.85. The van der Waals surface area contributed by atoms with Crippen molar-refractivity contribution in [2.24, 2.45) is 0 Å². The second kappa shape index (κ2) is 7.07. The van der Waals surface area contributed by atoms with Crippen LogP contribution in [0.3, 0.4) is 0 Å². The summed E-state index contributed by atoms with van der Waals surface area (Å²) in [5, 5.41) is 10.5. The fourth-order valence-electron chi connectivity index (χ4n) is 2.64. The molecule has 1 aromatic carbocycles. The summed E-state index contributed by atoms with van der Waals surface area (Å²) < 4.78 is 10.7. The average Bonchev–Trinajstić information content (AvgIpc) is 2.41. The minimum Gasteiger partial charge on any atom is -0.494 e. The van der Waals surface area contributed by atoms with Crippen molar-refractivity contribution in [3.63, 3.8) is 0 Å². The number of aliphatic hydroxyl groups is 1. The fourth-order valence-corrected chi connectivity index (χ4v) is 2.64. The van der Waals surface area contributed by atoms with Gasteiger partial charge in [-0.15, -0.1) is 0 Å². The van der Waals surface area contributed by atoms with E-state index in [2.05, 4.69) is 17.0 Å². The molecule has 0 bridgehead atoms. The van der Waals surface area contributed by atoms with Gasteiger partial charge >= 0.3 is 0 Å². The summed E-state index contributed by atoms with van der Waals surface area (Å²) in [7, 11) is 2.05. The van der Waals surface area contributed by atoms with E-state index in [0.717, 1.165) is 25.1 Å². The quantitative estimate of drug-likeness (QED) is 0.865. The third kappa shape index (κ3) is 4.47. The number of benzene rings is 1. The van der Waals surface area contributed by atoms with Crippen LogP contribution >= 0.6 is 0 Å². The highest BCUT2D eigenvalue weighted by atomic mass is 16.5. The molecule has 0 radical (unpaired) electrons. The van der Waals surface area contributed by atoms with Crippen molar-refractivity contribution in [2.45, 2.75) is 31.9 Å². The molecule has 1 aromatic rings. The normalized spacial score (nSPS) is 18.2. The molecule has 20 heavy (non-hydrogen) atoms. The van der Waals surface area contributed by atoms with Crippen molar-refractivity contribution in [1.82, 2.24) is 4.90 Å². The summed E-state index contributed by atoms with van der Waals surface area (Å²) in [6.45, 7) is 5.50. The Labute approximate surface area is 121 Å². The zero-order chi connectivity index (χ0) is 14.4. The minimum atomic E-state index is -0.599. The van der Waals surface area contributed by atoms with Crippen LogP contribution < -0.4 is 4.74 Å². The van der Waals surface area contributed by atoms with Crippen molar-refractivity contribution in [3.8, 4) is 5.75 Å². The van der Waals surface area contributed by atoms with Gasteiger partial charge in [0.15, 0.2) is 0 Å². The summed E-state index contributed by atoms with van der Waals surface area (Å²) in [5.41, 5.74) is 0.629. The van der Waals surface area contributed by atoms with Crippen molar-refractivity contribution in [3.05, 3.63) is 29.8 Å². The van der Waals surface area contributed by atoms with E-state index < -0.39 is 5.60 Å². The lowest BCUT2D eigenvalue weighted by Crippen LogP contribution is -2.45. The highest BCUT2D eigenvalue weighted by molar-refractivity contribution is 5.27. The third-order valence-corrected chi connectivity index (χ3v) is 3.67. The van der Waals surface area contributed by atoms with Crippen LogP contribution in [-0.2, 0) is 11.3 Å². The molecule has 0 saturated carbocycles. The van der Waals surface area contributed by atoms with Crippen LogP contribution in [0.25, 0.3) is 0 Å². The molecule has 0 atom stereocenters. The zero-order valence-electron chi connectivity index (χ0n) is 12.5. The van der Waals surface area contributed by atoms with Gasteiger partial charge in [-0.2, -0.15) is 0 Å². The number of hydrogen-bond donors (Lipinski definition) is 1. The molecule has 1 aliphatic heterocycles. The van der Waals surface area contributed by atoms with Crippen LogP contribution in [0, 0.1) is 0 Å². The number of rotatable bonds is 6. The first-order chi connectivity index (χ1) is 9.61. The largest absolute Gasteiger partial charge is 0.494 e. The summed E-state index contributed by atoms with van der Waals surface area (Å²) in [6.07, 6.45) is 1.45. The second-order valence-electron chi connectivity index (χ2n) is 5.59. The predicted molar refractivity (Wildman–Crippen MR) is 78.9 cm³/mol. The molecule has 1 aliphatic rings. The Kier molecular flexibility index (Phi) is 5.40. The van der Waals surface area contributed by atoms with E-state index in [1.807, 2.05) is 26.1 Å². The van der Waals surface area contributed by atoms with Crippen molar-refractivity contribution in [1.29, 1.82) is 0 Å². The van der Waals surface area contributed by atoms with E-state index in [1.54, 1.807) is 0 Å². The second-order valence-corrected chi connectivity index (χ2v) is 5.59. The Hall–Kier alpha value is -1.10. The van der Waals surface area contributed by atoms with Gasteiger partial charge in [0.2, 0.25) is 0 Å². The lowest BCUT2D eigenvalue weighted by Gasteiger charge is -2.35. The number of hydrogen-bond acceptors (Lipinski definition) is 4. The first kappa shape index (κ1) is 15.3. The van der Waals surface area contributed by atoms with E-state index in [9.17, 15) is 5.11 Å². The topological polar surface area (TPSA) is 41.9 Å². The summed E-state index contributed by atoms with van der Waals surface area (Å²) in [4.78, 5) is 2.17.